The van der Waals surface area contributed by atoms with Gasteiger partial charge in [-0.3, -0.25) is 0 Å². The van der Waals surface area contributed by atoms with Crippen LogP contribution in [0.1, 0.15) is 57.7 Å². The molecule has 1 saturated carbocycles. The van der Waals surface area contributed by atoms with Crippen LogP contribution in [0.25, 0.3) is 0 Å². The molecule has 1 unspecified atom stereocenters. The lowest BCUT2D eigenvalue weighted by Gasteiger charge is -2.31. The van der Waals surface area contributed by atoms with E-state index in [1.807, 2.05) is 12.5 Å². The van der Waals surface area contributed by atoms with Crippen molar-refractivity contribution in [2.45, 2.75) is 58.4 Å². The third-order valence-electron chi connectivity index (χ3n) is 4.16. The van der Waals surface area contributed by atoms with Crippen LogP contribution >= 0.6 is 0 Å². The Bertz CT molecular complexity index is 350. The molecule has 2 N–H and O–H groups in total. The molecule has 3 nitrogen and oxygen atoms in total. The normalized spacial score (nSPS) is 19.3. The third kappa shape index (κ3) is 3.14. The van der Waals surface area contributed by atoms with Gasteiger partial charge in [0.2, 0.25) is 0 Å². The second-order valence-electron chi connectivity index (χ2n) is 6.09. The molecule has 0 amide bonds. The van der Waals surface area contributed by atoms with Gasteiger partial charge in [0.05, 0.1) is 6.33 Å². The van der Waals surface area contributed by atoms with Gasteiger partial charge in [-0.25, -0.2) is 4.98 Å². The quantitative estimate of drug-likeness (QED) is 0.871. The van der Waals surface area contributed by atoms with E-state index in [9.17, 15) is 0 Å². The van der Waals surface area contributed by atoms with Crippen molar-refractivity contribution in [3.63, 3.8) is 0 Å². The zero-order chi connectivity index (χ0) is 13.0. The van der Waals surface area contributed by atoms with Crippen LogP contribution in [0.3, 0.4) is 0 Å². The van der Waals surface area contributed by atoms with Crippen molar-refractivity contribution in [1.29, 1.82) is 0 Å². The molecule has 1 heterocycles. The molecule has 2 rings (SSSR count). The number of nitrogens with two attached hydrogens (primary N) is 1. The summed E-state index contributed by atoms with van der Waals surface area (Å²) in [6.07, 6.45) is 11.9. The molecule has 1 atom stereocenters. The van der Waals surface area contributed by atoms with Crippen LogP contribution < -0.4 is 5.73 Å². The Labute approximate surface area is 111 Å². The van der Waals surface area contributed by atoms with Crippen LogP contribution in [0.5, 0.6) is 0 Å². The minimum Gasteiger partial charge on any atom is -0.330 e. The highest BCUT2D eigenvalue weighted by molar-refractivity contribution is 5.02. The summed E-state index contributed by atoms with van der Waals surface area (Å²) < 4.78 is 2.36. The smallest absolute Gasteiger partial charge is 0.0951 e. The van der Waals surface area contributed by atoms with Crippen molar-refractivity contribution in [3.05, 3.63) is 18.2 Å². The van der Waals surface area contributed by atoms with Crippen LogP contribution in [-0.4, -0.2) is 16.1 Å². The van der Waals surface area contributed by atoms with Gasteiger partial charge in [-0.2, -0.15) is 0 Å². The van der Waals surface area contributed by atoms with E-state index >= 15 is 0 Å². The number of hydrogen-bond acceptors (Lipinski definition) is 2. The summed E-state index contributed by atoms with van der Waals surface area (Å²) >= 11 is 0. The summed E-state index contributed by atoms with van der Waals surface area (Å²) in [5.41, 5.74) is 7.40. The van der Waals surface area contributed by atoms with Gasteiger partial charge >= 0.3 is 0 Å². The fraction of sp³-hybridized carbons (Fsp3) is 0.800. The lowest BCUT2D eigenvalue weighted by molar-refractivity contribution is 0.249. The number of imidazole rings is 1. The standard InChI is InChI=1S/C15H27N3/c1-12(2)8-14-10-17-11-18(14)15(9-16)13-6-4-3-5-7-13/h10-13,15H,3-9,16H2,1-2H3. The minimum atomic E-state index is 0.460. The van der Waals surface area contributed by atoms with Crippen LogP contribution in [0, 0.1) is 11.8 Å². The van der Waals surface area contributed by atoms with Crippen molar-refractivity contribution in [3.8, 4) is 0 Å². The first-order valence-corrected chi connectivity index (χ1v) is 7.43. The molecule has 3 heteroatoms. The second kappa shape index (κ2) is 6.37. The molecule has 1 aliphatic carbocycles. The van der Waals surface area contributed by atoms with Crippen molar-refractivity contribution >= 4 is 0 Å². The Morgan fingerprint density at radius 3 is 2.67 bits per heavy atom. The number of rotatable bonds is 5. The number of aromatic nitrogens is 2. The molecule has 1 aromatic rings. The fourth-order valence-corrected chi connectivity index (χ4v) is 3.26. The average Bonchev–Trinajstić information content (AvgIpc) is 2.79. The fourth-order valence-electron chi connectivity index (χ4n) is 3.26. The third-order valence-corrected chi connectivity index (χ3v) is 4.16. The summed E-state index contributed by atoms with van der Waals surface area (Å²) in [6, 6.07) is 0.460. The SMILES string of the molecule is CC(C)Cc1cncn1C(CN)C1CCCCC1. The second-order valence-corrected chi connectivity index (χ2v) is 6.09. The van der Waals surface area contributed by atoms with Crippen molar-refractivity contribution < 1.29 is 0 Å². The van der Waals surface area contributed by atoms with Crippen molar-refractivity contribution in [1.82, 2.24) is 9.55 Å². The largest absolute Gasteiger partial charge is 0.330 e. The van der Waals surface area contributed by atoms with E-state index in [2.05, 4.69) is 23.4 Å². The molecule has 102 valence electrons. The Morgan fingerprint density at radius 2 is 2.06 bits per heavy atom. The van der Waals surface area contributed by atoms with Crippen LogP contribution in [0.4, 0.5) is 0 Å². The molecule has 0 aromatic carbocycles. The monoisotopic (exact) mass is 249 g/mol. The van der Waals surface area contributed by atoms with Gasteiger partial charge in [0, 0.05) is 24.5 Å². The zero-order valence-electron chi connectivity index (χ0n) is 11.8. The highest BCUT2D eigenvalue weighted by Crippen LogP contribution is 2.33. The summed E-state index contributed by atoms with van der Waals surface area (Å²) in [5, 5.41) is 0. The van der Waals surface area contributed by atoms with Gasteiger partial charge in [-0.05, 0) is 31.1 Å². The molecular weight excluding hydrogens is 222 g/mol. The van der Waals surface area contributed by atoms with E-state index in [1.165, 1.54) is 37.8 Å². The van der Waals surface area contributed by atoms with E-state index in [1.54, 1.807) is 0 Å². The van der Waals surface area contributed by atoms with Gasteiger partial charge in [-0.1, -0.05) is 33.1 Å². The summed E-state index contributed by atoms with van der Waals surface area (Å²) in [7, 11) is 0. The number of nitrogens with zero attached hydrogens (tertiary/aromatic N) is 2. The van der Waals surface area contributed by atoms with E-state index in [4.69, 9.17) is 5.73 Å². The lowest BCUT2D eigenvalue weighted by Crippen LogP contribution is -2.29. The average molecular weight is 249 g/mol. The lowest BCUT2D eigenvalue weighted by atomic mass is 9.83. The van der Waals surface area contributed by atoms with E-state index in [0.29, 0.717) is 12.0 Å². The van der Waals surface area contributed by atoms with Gasteiger partial charge < -0.3 is 10.3 Å². The van der Waals surface area contributed by atoms with Crippen molar-refractivity contribution in [2.75, 3.05) is 6.54 Å². The first-order chi connectivity index (χ1) is 8.72. The van der Waals surface area contributed by atoms with Crippen molar-refractivity contribution in [2.24, 2.45) is 17.6 Å². The summed E-state index contributed by atoms with van der Waals surface area (Å²) in [4.78, 5) is 4.35. The zero-order valence-corrected chi connectivity index (χ0v) is 11.8. The molecule has 1 fully saturated rings. The molecule has 0 bridgehead atoms. The Balaban J connectivity index is 2.13. The first kappa shape index (κ1) is 13.6. The maximum atomic E-state index is 6.05. The van der Waals surface area contributed by atoms with E-state index in [-0.39, 0.29) is 0 Å². The summed E-state index contributed by atoms with van der Waals surface area (Å²) in [5.74, 6) is 1.43. The maximum absolute atomic E-state index is 6.05. The van der Waals surface area contributed by atoms with Crippen LogP contribution in [0.15, 0.2) is 12.5 Å². The van der Waals surface area contributed by atoms with Crippen LogP contribution in [0.2, 0.25) is 0 Å². The van der Waals surface area contributed by atoms with Gasteiger partial charge in [-0.15, -0.1) is 0 Å². The Kier molecular flexibility index (Phi) is 4.81. The summed E-state index contributed by atoms with van der Waals surface area (Å²) in [6.45, 7) is 5.26. The molecule has 1 aliphatic rings. The first-order valence-electron chi connectivity index (χ1n) is 7.43. The minimum absolute atomic E-state index is 0.460. The predicted octanol–water partition coefficient (Wildman–Crippen LogP) is 3.16. The topological polar surface area (TPSA) is 43.8 Å². The molecular formula is C15H27N3. The van der Waals surface area contributed by atoms with Crippen LogP contribution in [-0.2, 0) is 6.42 Å². The molecule has 18 heavy (non-hydrogen) atoms. The molecule has 0 saturated heterocycles. The molecule has 0 aliphatic heterocycles. The molecule has 1 aromatic heterocycles. The predicted molar refractivity (Wildman–Crippen MR) is 75.4 cm³/mol. The maximum Gasteiger partial charge on any atom is 0.0951 e. The Morgan fingerprint density at radius 1 is 1.33 bits per heavy atom. The van der Waals surface area contributed by atoms with E-state index < -0.39 is 0 Å². The Hall–Kier alpha value is -0.830. The molecule has 0 radical (unpaired) electrons. The molecule has 0 spiro atoms. The number of hydrogen-bond donors (Lipinski definition) is 1. The van der Waals surface area contributed by atoms with Gasteiger partial charge in [0.1, 0.15) is 0 Å². The highest BCUT2D eigenvalue weighted by atomic mass is 15.1. The van der Waals surface area contributed by atoms with Gasteiger partial charge in [0.25, 0.3) is 0 Å². The van der Waals surface area contributed by atoms with Gasteiger partial charge in [0.15, 0.2) is 0 Å². The highest BCUT2D eigenvalue weighted by Gasteiger charge is 2.25. The van der Waals surface area contributed by atoms with E-state index in [0.717, 1.165) is 18.9 Å².